The van der Waals surface area contributed by atoms with Crippen molar-refractivity contribution in [3.63, 3.8) is 0 Å². The van der Waals surface area contributed by atoms with E-state index < -0.39 is 6.67 Å². The van der Waals surface area contributed by atoms with E-state index in [1.54, 1.807) is 18.3 Å². The predicted octanol–water partition coefficient (Wildman–Crippen LogP) is 2.11. The van der Waals surface area contributed by atoms with Crippen LogP contribution in [0.2, 0.25) is 0 Å². The van der Waals surface area contributed by atoms with Gasteiger partial charge in [-0.15, -0.1) is 0 Å². The molecule has 0 unspecified atom stereocenters. The molecule has 0 fully saturated rings. The van der Waals surface area contributed by atoms with Gasteiger partial charge in [0.25, 0.3) is 0 Å². The molecule has 10 heavy (non-hydrogen) atoms. The van der Waals surface area contributed by atoms with E-state index in [0.717, 1.165) is 12.1 Å². The van der Waals surface area contributed by atoms with Gasteiger partial charge in [0, 0.05) is 11.9 Å². The first-order valence-corrected chi connectivity index (χ1v) is 3.36. The summed E-state index contributed by atoms with van der Waals surface area (Å²) in [5, 5.41) is 0. The summed E-state index contributed by atoms with van der Waals surface area (Å²) >= 11 is 0. The molecule has 1 nitrogen and oxygen atoms in total. The van der Waals surface area contributed by atoms with E-state index in [-0.39, 0.29) is 0 Å². The Bertz CT molecular complexity index is 191. The Hall–Kier alpha value is -0.920. The predicted molar refractivity (Wildman–Crippen MR) is 38.4 cm³/mol. The molecule has 0 aliphatic rings. The summed E-state index contributed by atoms with van der Waals surface area (Å²) in [6.45, 7) is 1.61. The van der Waals surface area contributed by atoms with Crippen molar-refractivity contribution in [1.29, 1.82) is 0 Å². The van der Waals surface area contributed by atoms with E-state index in [9.17, 15) is 4.39 Å². The van der Waals surface area contributed by atoms with Gasteiger partial charge in [-0.05, 0) is 24.1 Å². The average molecular weight is 139 g/mol. The first-order chi connectivity index (χ1) is 4.86. The standard InChI is InChI=1S/C8H10FN/c1-2-8-5-7(6-9)3-4-10-8/h3-5H,2,6H2,1H3. The van der Waals surface area contributed by atoms with Crippen LogP contribution in [0.3, 0.4) is 0 Å². The van der Waals surface area contributed by atoms with Crippen LogP contribution in [0.15, 0.2) is 18.3 Å². The molecule has 0 saturated heterocycles. The first kappa shape index (κ1) is 7.19. The third-order valence-corrected chi connectivity index (χ3v) is 1.40. The fourth-order valence-corrected chi connectivity index (χ4v) is 0.805. The summed E-state index contributed by atoms with van der Waals surface area (Å²) in [5.41, 5.74) is 1.67. The summed E-state index contributed by atoms with van der Waals surface area (Å²) in [6.07, 6.45) is 2.52. The van der Waals surface area contributed by atoms with Crippen molar-refractivity contribution in [2.75, 3.05) is 0 Å². The zero-order valence-electron chi connectivity index (χ0n) is 5.97. The second-order valence-electron chi connectivity index (χ2n) is 2.14. The Labute approximate surface area is 59.9 Å². The van der Waals surface area contributed by atoms with Crippen LogP contribution in [0.25, 0.3) is 0 Å². The number of pyridine rings is 1. The van der Waals surface area contributed by atoms with Crippen molar-refractivity contribution in [3.8, 4) is 0 Å². The van der Waals surface area contributed by atoms with E-state index in [0.29, 0.717) is 5.56 Å². The van der Waals surface area contributed by atoms with Crippen molar-refractivity contribution in [2.24, 2.45) is 0 Å². The molecule has 0 aromatic carbocycles. The van der Waals surface area contributed by atoms with Crippen molar-refractivity contribution in [2.45, 2.75) is 20.0 Å². The lowest BCUT2D eigenvalue weighted by molar-refractivity contribution is 0.484. The maximum atomic E-state index is 12.0. The van der Waals surface area contributed by atoms with Gasteiger partial charge in [-0.1, -0.05) is 6.92 Å². The maximum absolute atomic E-state index is 12.0. The van der Waals surface area contributed by atoms with Crippen LogP contribution in [-0.2, 0) is 13.1 Å². The Morgan fingerprint density at radius 3 is 3.00 bits per heavy atom. The minimum atomic E-state index is -0.393. The number of nitrogens with zero attached hydrogens (tertiary/aromatic N) is 1. The summed E-state index contributed by atoms with van der Waals surface area (Å²) in [7, 11) is 0. The molecule has 0 aliphatic carbocycles. The first-order valence-electron chi connectivity index (χ1n) is 3.36. The highest BCUT2D eigenvalue weighted by Crippen LogP contribution is 2.03. The Morgan fingerprint density at radius 1 is 1.60 bits per heavy atom. The van der Waals surface area contributed by atoms with E-state index >= 15 is 0 Å². The van der Waals surface area contributed by atoms with Gasteiger partial charge in [-0.25, -0.2) is 4.39 Å². The third kappa shape index (κ3) is 1.53. The second kappa shape index (κ2) is 3.30. The fraction of sp³-hybridized carbons (Fsp3) is 0.375. The lowest BCUT2D eigenvalue weighted by Gasteiger charge is -1.96. The van der Waals surface area contributed by atoms with Gasteiger partial charge in [0.15, 0.2) is 0 Å². The van der Waals surface area contributed by atoms with Crippen LogP contribution >= 0.6 is 0 Å². The van der Waals surface area contributed by atoms with Gasteiger partial charge in [0.1, 0.15) is 6.67 Å². The molecule has 0 N–H and O–H groups in total. The molecule has 0 spiro atoms. The summed E-state index contributed by atoms with van der Waals surface area (Å²) in [4.78, 5) is 4.04. The Morgan fingerprint density at radius 2 is 2.40 bits per heavy atom. The summed E-state index contributed by atoms with van der Waals surface area (Å²) in [6, 6.07) is 3.49. The Balaban J connectivity index is 2.87. The molecule has 2 heteroatoms. The lowest BCUT2D eigenvalue weighted by atomic mass is 10.2. The van der Waals surface area contributed by atoms with Crippen LogP contribution in [0.1, 0.15) is 18.2 Å². The Kier molecular flexibility index (Phi) is 2.37. The van der Waals surface area contributed by atoms with Crippen LogP contribution in [0.4, 0.5) is 4.39 Å². The van der Waals surface area contributed by atoms with E-state index in [1.165, 1.54) is 0 Å². The van der Waals surface area contributed by atoms with Crippen LogP contribution in [-0.4, -0.2) is 4.98 Å². The van der Waals surface area contributed by atoms with Crippen LogP contribution in [0.5, 0.6) is 0 Å². The van der Waals surface area contributed by atoms with Gasteiger partial charge >= 0.3 is 0 Å². The van der Waals surface area contributed by atoms with E-state index in [1.807, 2.05) is 6.92 Å². The molecular weight excluding hydrogens is 129 g/mol. The SMILES string of the molecule is CCc1cc(CF)ccn1. The maximum Gasteiger partial charge on any atom is 0.115 e. The van der Waals surface area contributed by atoms with Crippen molar-refractivity contribution in [3.05, 3.63) is 29.6 Å². The monoisotopic (exact) mass is 139 g/mol. The number of aromatic nitrogens is 1. The second-order valence-corrected chi connectivity index (χ2v) is 2.14. The van der Waals surface area contributed by atoms with E-state index in [2.05, 4.69) is 4.98 Å². The van der Waals surface area contributed by atoms with Gasteiger partial charge in [-0.2, -0.15) is 0 Å². The summed E-state index contributed by atoms with van der Waals surface area (Å²) in [5.74, 6) is 0. The lowest BCUT2D eigenvalue weighted by Crippen LogP contribution is -1.87. The highest BCUT2D eigenvalue weighted by Gasteiger charge is 1.92. The van der Waals surface area contributed by atoms with Crippen LogP contribution in [0, 0.1) is 0 Å². The molecule has 0 saturated carbocycles. The summed E-state index contributed by atoms with van der Waals surface area (Å²) < 4.78 is 12.0. The van der Waals surface area contributed by atoms with Crippen molar-refractivity contribution in [1.82, 2.24) is 4.98 Å². The highest BCUT2D eigenvalue weighted by atomic mass is 19.1. The number of alkyl halides is 1. The smallest absolute Gasteiger partial charge is 0.115 e. The van der Waals surface area contributed by atoms with Gasteiger partial charge < -0.3 is 0 Å². The minimum absolute atomic E-state index is 0.393. The molecule has 0 amide bonds. The van der Waals surface area contributed by atoms with Crippen LogP contribution < -0.4 is 0 Å². The number of hydrogen-bond acceptors (Lipinski definition) is 1. The number of aryl methyl sites for hydroxylation is 1. The molecule has 0 aliphatic heterocycles. The zero-order valence-corrected chi connectivity index (χ0v) is 5.97. The molecule has 0 atom stereocenters. The number of rotatable bonds is 2. The normalized spacial score (nSPS) is 9.80. The molecule has 1 aromatic rings. The largest absolute Gasteiger partial charge is 0.261 e. The van der Waals surface area contributed by atoms with Gasteiger partial charge in [0.2, 0.25) is 0 Å². The molecule has 0 radical (unpaired) electrons. The molecule has 1 rings (SSSR count). The number of hydrogen-bond donors (Lipinski definition) is 0. The molecule has 0 bridgehead atoms. The van der Waals surface area contributed by atoms with Gasteiger partial charge in [0.05, 0.1) is 0 Å². The average Bonchev–Trinajstić information content (AvgIpc) is 2.05. The van der Waals surface area contributed by atoms with E-state index in [4.69, 9.17) is 0 Å². The van der Waals surface area contributed by atoms with Crippen molar-refractivity contribution < 1.29 is 4.39 Å². The van der Waals surface area contributed by atoms with Gasteiger partial charge in [-0.3, -0.25) is 4.98 Å². The molecule has 1 aromatic heterocycles. The quantitative estimate of drug-likeness (QED) is 0.611. The topological polar surface area (TPSA) is 12.9 Å². The van der Waals surface area contributed by atoms with Crippen molar-refractivity contribution >= 4 is 0 Å². The number of halogens is 1. The highest BCUT2D eigenvalue weighted by molar-refractivity contribution is 5.15. The minimum Gasteiger partial charge on any atom is -0.261 e. The molecular formula is C8H10FN. The fourth-order valence-electron chi connectivity index (χ4n) is 0.805. The molecule has 1 heterocycles. The zero-order chi connectivity index (χ0) is 7.40. The third-order valence-electron chi connectivity index (χ3n) is 1.40. The molecule has 54 valence electrons.